The van der Waals surface area contributed by atoms with Crippen LogP contribution < -0.4 is 10.6 Å². The molecule has 0 unspecified atom stereocenters. The van der Waals surface area contributed by atoms with Gasteiger partial charge < -0.3 is 10.6 Å². The van der Waals surface area contributed by atoms with Gasteiger partial charge in [-0.25, -0.2) is 0 Å². The van der Waals surface area contributed by atoms with Gasteiger partial charge in [-0.1, -0.05) is 12.1 Å². The molecule has 1 saturated heterocycles. The zero-order valence-corrected chi connectivity index (χ0v) is 11.6. The third-order valence-electron chi connectivity index (χ3n) is 3.04. The maximum Gasteiger partial charge on any atom is 0.234 e. The van der Waals surface area contributed by atoms with Crippen molar-refractivity contribution < 1.29 is 4.79 Å². The van der Waals surface area contributed by atoms with Crippen LogP contribution in [-0.4, -0.2) is 30.0 Å². The Morgan fingerprint density at radius 2 is 2.22 bits per heavy atom. The summed E-state index contributed by atoms with van der Waals surface area (Å²) >= 11 is 1.78. The highest BCUT2D eigenvalue weighted by Gasteiger charge is 2.14. The maximum atomic E-state index is 11.8. The van der Waals surface area contributed by atoms with E-state index in [9.17, 15) is 4.79 Å². The molecule has 0 bridgehead atoms. The summed E-state index contributed by atoms with van der Waals surface area (Å²) in [5.74, 6) is 0.655. The molecule has 3 nitrogen and oxygen atoms in total. The van der Waals surface area contributed by atoms with Crippen molar-refractivity contribution in [2.45, 2.75) is 25.0 Å². The molecule has 18 heavy (non-hydrogen) atoms. The average Bonchev–Trinajstić information content (AvgIpc) is 2.38. The van der Waals surface area contributed by atoms with Crippen molar-refractivity contribution >= 4 is 23.4 Å². The first kappa shape index (κ1) is 13.4. The molecule has 0 radical (unpaired) electrons. The number of benzene rings is 1. The van der Waals surface area contributed by atoms with E-state index >= 15 is 0 Å². The summed E-state index contributed by atoms with van der Waals surface area (Å²) in [6, 6.07) is 7.91. The molecule has 1 heterocycles. The first-order valence-corrected chi connectivity index (χ1v) is 7.48. The molecular formula is C14H20N2OS. The largest absolute Gasteiger partial charge is 0.325 e. The Balaban J connectivity index is 1.74. The fraction of sp³-hybridized carbons (Fsp3) is 0.500. The summed E-state index contributed by atoms with van der Waals surface area (Å²) in [6.45, 7) is 4.19. The highest BCUT2D eigenvalue weighted by atomic mass is 32.2. The second-order valence-electron chi connectivity index (χ2n) is 4.68. The highest BCUT2D eigenvalue weighted by molar-refractivity contribution is 8.00. The zero-order valence-electron chi connectivity index (χ0n) is 10.7. The molecule has 0 aliphatic carbocycles. The molecule has 0 saturated carbocycles. The lowest BCUT2D eigenvalue weighted by molar-refractivity contribution is -0.113. The third-order valence-corrected chi connectivity index (χ3v) is 4.41. The Labute approximate surface area is 113 Å². The molecule has 0 atom stereocenters. The topological polar surface area (TPSA) is 41.1 Å². The maximum absolute atomic E-state index is 11.8. The lowest BCUT2D eigenvalue weighted by atomic mass is 10.2. The minimum atomic E-state index is 0.101. The van der Waals surface area contributed by atoms with Gasteiger partial charge in [0.1, 0.15) is 0 Å². The first-order valence-electron chi connectivity index (χ1n) is 6.43. The lowest BCUT2D eigenvalue weighted by Crippen LogP contribution is -2.30. The van der Waals surface area contributed by atoms with Gasteiger partial charge >= 0.3 is 0 Å². The molecule has 0 spiro atoms. The van der Waals surface area contributed by atoms with E-state index in [-0.39, 0.29) is 5.91 Å². The molecule has 1 fully saturated rings. The Hall–Kier alpha value is -1.00. The summed E-state index contributed by atoms with van der Waals surface area (Å²) < 4.78 is 0. The number of anilines is 1. The van der Waals surface area contributed by atoms with Crippen LogP contribution in [0.4, 0.5) is 5.69 Å². The number of carbonyl (C=O) groups is 1. The molecule has 1 aliphatic rings. The van der Waals surface area contributed by atoms with Crippen LogP contribution in [0, 0.1) is 6.92 Å². The van der Waals surface area contributed by atoms with Crippen LogP contribution in [0.3, 0.4) is 0 Å². The van der Waals surface area contributed by atoms with Gasteiger partial charge in [-0.15, -0.1) is 11.8 Å². The van der Waals surface area contributed by atoms with Crippen LogP contribution in [0.25, 0.3) is 0 Å². The third kappa shape index (κ3) is 4.35. The molecule has 1 aromatic rings. The molecule has 1 amide bonds. The van der Waals surface area contributed by atoms with E-state index in [1.54, 1.807) is 11.8 Å². The van der Waals surface area contributed by atoms with Gasteiger partial charge in [0.05, 0.1) is 5.75 Å². The molecule has 98 valence electrons. The summed E-state index contributed by atoms with van der Waals surface area (Å²) in [4.78, 5) is 11.8. The van der Waals surface area contributed by atoms with Crippen LogP contribution in [0.15, 0.2) is 24.3 Å². The summed E-state index contributed by atoms with van der Waals surface area (Å²) in [6.07, 6.45) is 2.34. The average molecular weight is 264 g/mol. The van der Waals surface area contributed by atoms with Crippen LogP contribution in [0.2, 0.25) is 0 Å². The SMILES string of the molecule is Cc1cccc(NC(=O)CSC2CCNCC2)c1. The number of carbonyl (C=O) groups excluding carboxylic acids is 1. The fourth-order valence-electron chi connectivity index (χ4n) is 2.08. The monoisotopic (exact) mass is 264 g/mol. The van der Waals surface area contributed by atoms with E-state index in [0.717, 1.165) is 18.8 Å². The first-order chi connectivity index (χ1) is 8.74. The normalized spacial score (nSPS) is 16.5. The Morgan fingerprint density at radius 1 is 1.44 bits per heavy atom. The Bertz CT molecular complexity index is 403. The van der Waals surface area contributed by atoms with Crippen LogP contribution in [0.1, 0.15) is 18.4 Å². The van der Waals surface area contributed by atoms with Crippen molar-refractivity contribution in [3.05, 3.63) is 29.8 Å². The van der Waals surface area contributed by atoms with Gasteiger partial charge in [-0.05, 0) is 50.6 Å². The van der Waals surface area contributed by atoms with Crippen molar-refractivity contribution in [1.29, 1.82) is 0 Å². The summed E-state index contributed by atoms with van der Waals surface area (Å²) in [7, 11) is 0. The van der Waals surface area contributed by atoms with E-state index in [1.165, 1.54) is 18.4 Å². The molecule has 1 aromatic carbocycles. The van der Waals surface area contributed by atoms with Crippen molar-refractivity contribution in [3.63, 3.8) is 0 Å². The Morgan fingerprint density at radius 3 is 2.94 bits per heavy atom. The van der Waals surface area contributed by atoms with E-state index in [1.807, 2.05) is 31.2 Å². The van der Waals surface area contributed by atoms with Gasteiger partial charge in [0.15, 0.2) is 0 Å². The van der Waals surface area contributed by atoms with Gasteiger partial charge in [-0.3, -0.25) is 4.79 Å². The van der Waals surface area contributed by atoms with Gasteiger partial charge in [0.25, 0.3) is 0 Å². The lowest BCUT2D eigenvalue weighted by Gasteiger charge is -2.21. The standard InChI is InChI=1S/C14H20N2OS/c1-11-3-2-4-12(9-11)16-14(17)10-18-13-5-7-15-8-6-13/h2-4,9,13,15H,5-8,10H2,1H3,(H,16,17). The summed E-state index contributed by atoms with van der Waals surface area (Å²) in [5.41, 5.74) is 2.06. The van der Waals surface area contributed by atoms with Crippen LogP contribution in [0.5, 0.6) is 0 Å². The molecule has 1 aliphatic heterocycles. The highest BCUT2D eigenvalue weighted by Crippen LogP contribution is 2.20. The minimum Gasteiger partial charge on any atom is -0.325 e. The van der Waals surface area contributed by atoms with Gasteiger partial charge in [-0.2, -0.15) is 0 Å². The number of thioether (sulfide) groups is 1. The predicted octanol–water partition coefficient (Wildman–Crippen LogP) is 2.42. The number of rotatable bonds is 4. The van der Waals surface area contributed by atoms with Crippen molar-refractivity contribution in [2.24, 2.45) is 0 Å². The van der Waals surface area contributed by atoms with Crippen molar-refractivity contribution in [3.8, 4) is 0 Å². The van der Waals surface area contributed by atoms with E-state index < -0.39 is 0 Å². The van der Waals surface area contributed by atoms with Crippen molar-refractivity contribution in [2.75, 3.05) is 24.2 Å². The number of amides is 1. The number of piperidine rings is 1. The Kier molecular flexibility index (Phi) is 5.08. The molecule has 2 N–H and O–H groups in total. The second kappa shape index (κ2) is 6.81. The number of nitrogens with one attached hydrogen (secondary N) is 2. The van der Waals surface area contributed by atoms with E-state index in [0.29, 0.717) is 11.0 Å². The molecule has 2 rings (SSSR count). The van der Waals surface area contributed by atoms with Crippen LogP contribution >= 0.6 is 11.8 Å². The van der Waals surface area contributed by atoms with E-state index in [2.05, 4.69) is 10.6 Å². The fourth-order valence-corrected chi connectivity index (χ4v) is 3.10. The van der Waals surface area contributed by atoms with E-state index in [4.69, 9.17) is 0 Å². The number of hydrogen-bond donors (Lipinski definition) is 2. The van der Waals surface area contributed by atoms with Crippen molar-refractivity contribution in [1.82, 2.24) is 5.32 Å². The van der Waals surface area contributed by atoms with Crippen LogP contribution in [-0.2, 0) is 4.79 Å². The number of aryl methyl sites for hydroxylation is 1. The second-order valence-corrected chi connectivity index (χ2v) is 5.97. The molecule has 4 heteroatoms. The number of hydrogen-bond acceptors (Lipinski definition) is 3. The van der Waals surface area contributed by atoms with Gasteiger partial charge in [0.2, 0.25) is 5.91 Å². The quantitative estimate of drug-likeness (QED) is 0.877. The zero-order chi connectivity index (χ0) is 12.8. The molecule has 0 aromatic heterocycles. The minimum absolute atomic E-state index is 0.101. The predicted molar refractivity (Wildman–Crippen MR) is 78.2 cm³/mol. The van der Waals surface area contributed by atoms with Gasteiger partial charge in [0, 0.05) is 10.9 Å². The summed E-state index contributed by atoms with van der Waals surface area (Å²) in [5, 5.41) is 6.92. The molecular weight excluding hydrogens is 244 g/mol. The smallest absolute Gasteiger partial charge is 0.234 e.